The number of amides is 1. The molecule has 0 radical (unpaired) electrons. The molecule has 6 heteroatoms. The first-order valence-electron chi connectivity index (χ1n) is 4.53. The molecule has 0 aromatic carbocycles. The van der Waals surface area contributed by atoms with Crippen LogP contribution in [0.5, 0.6) is 0 Å². The minimum Gasteiger partial charge on any atom is -0.481 e. The van der Waals surface area contributed by atoms with Crippen LogP contribution >= 0.6 is 0 Å². The number of hydrogen-bond acceptors (Lipinski definition) is 4. The molecule has 1 fully saturated rings. The molecule has 0 aromatic heterocycles. The van der Waals surface area contributed by atoms with Gasteiger partial charge in [-0.3, -0.25) is 14.4 Å². The molecule has 1 heterocycles. The number of hydroxylamine groups is 2. The molecular formula is C8H14N2O4. The fourth-order valence-corrected chi connectivity index (χ4v) is 1.23. The van der Waals surface area contributed by atoms with Crippen molar-refractivity contribution < 1.29 is 19.5 Å². The first-order valence-corrected chi connectivity index (χ1v) is 4.53. The summed E-state index contributed by atoms with van der Waals surface area (Å²) in [6.45, 7) is 0.984. The number of rotatable bonds is 3. The number of carbonyl (C=O) groups excluding carboxylic acids is 1. The van der Waals surface area contributed by atoms with Crippen LogP contribution in [-0.2, 0) is 14.4 Å². The molecule has 1 unspecified atom stereocenters. The fourth-order valence-electron chi connectivity index (χ4n) is 1.23. The highest BCUT2D eigenvalue weighted by Crippen LogP contribution is 2.07. The molecule has 0 spiro atoms. The van der Waals surface area contributed by atoms with Gasteiger partial charge in [0.2, 0.25) is 0 Å². The highest BCUT2D eigenvalue weighted by molar-refractivity contribution is 5.85. The van der Waals surface area contributed by atoms with Gasteiger partial charge in [-0.2, -0.15) is 0 Å². The van der Waals surface area contributed by atoms with Gasteiger partial charge in [0.05, 0.1) is 19.1 Å². The SMILES string of the molecule is NC(CC(=O)O)C(=O)N1CCCCO1. The van der Waals surface area contributed by atoms with E-state index in [0.29, 0.717) is 13.2 Å². The van der Waals surface area contributed by atoms with Crippen LogP contribution in [0.4, 0.5) is 0 Å². The number of nitrogens with zero attached hydrogens (tertiary/aromatic N) is 1. The average Bonchev–Trinajstić information content (AvgIpc) is 2.17. The standard InChI is InChI=1S/C8H14N2O4/c9-6(5-7(11)12)8(13)10-3-1-2-4-14-10/h6H,1-5,9H2,(H,11,12). The third-order valence-electron chi connectivity index (χ3n) is 1.96. The van der Waals surface area contributed by atoms with Gasteiger partial charge >= 0.3 is 5.97 Å². The van der Waals surface area contributed by atoms with E-state index < -0.39 is 17.9 Å². The van der Waals surface area contributed by atoms with Crippen molar-refractivity contribution in [2.24, 2.45) is 5.73 Å². The van der Waals surface area contributed by atoms with Crippen LogP contribution in [0, 0.1) is 0 Å². The Bertz CT molecular complexity index is 225. The zero-order chi connectivity index (χ0) is 10.6. The van der Waals surface area contributed by atoms with E-state index in [4.69, 9.17) is 15.7 Å². The molecule has 1 atom stereocenters. The summed E-state index contributed by atoms with van der Waals surface area (Å²) < 4.78 is 0. The van der Waals surface area contributed by atoms with Gasteiger partial charge in [0.1, 0.15) is 0 Å². The fraction of sp³-hybridized carbons (Fsp3) is 0.750. The molecule has 1 rings (SSSR count). The third-order valence-corrected chi connectivity index (χ3v) is 1.96. The molecular weight excluding hydrogens is 188 g/mol. The van der Waals surface area contributed by atoms with Gasteiger partial charge in [0, 0.05) is 6.54 Å². The minimum absolute atomic E-state index is 0.362. The summed E-state index contributed by atoms with van der Waals surface area (Å²) in [7, 11) is 0. The van der Waals surface area contributed by atoms with Gasteiger partial charge in [0.15, 0.2) is 0 Å². The summed E-state index contributed by atoms with van der Waals surface area (Å²) in [6, 6.07) is -1.01. The molecule has 6 nitrogen and oxygen atoms in total. The van der Waals surface area contributed by atoms with Crippen LogP contribution in [0.1, 0.15) is 19.3 Å². The highest BCUT2D eigenvalue weighted by Gasteiger charge is 2.25. The molecule has 1 aliphatic rings. The molecule has 0 aliphatic carbocycles. The first-order chi connectivity index (χ1) is 6.61. The van der Waals surface area contributed by atoms with Crippen LogP contribution in [0.3, 0.4) is 0 Å². The number of carboxylic acid groups (broad SMARTS) is 1. The second-order valence-electron chi connectivity index (χ2n) is 3.19. The summed E-state index contributed by atoms with van der Waals surface area (Å²) in [5.41, 5.74) is 5.40. The van der Waals surface area contributed by atoms with E-state index in [0.717, 1.165) is 17.9 Å². The van der Waals surface area contributed by atoms with E-state index >= 15 is 0 Å². The van der Waals surface area contributed by atoms with Crippen molar-refractivity contribution in [3.8, 4) is 0 Å². The largest absolute Gasteiger partial charge is 0.481 e. The van der Waals surface area contributed by atoms with E-state index in [1.54, 1.807) is 0 Å². The number of nitrogens with two attached hydrogens (primary N) is 1. The number of aliphatic carboxylic acids is 1. The topological polar surface area (TPSA) is 92.9 Å². The van der Waals surface area contributed by atoms with Crippen LogP contribution in [-0.4, -0.2) is 41.2 Å². The minimum atomic E-state index is -1.08. The Kier molecular flexibility index (Phi) is 3.84. The molecule has 0 aromatic rings. The van der Waals surface area contributed by atoms with Gasteiger partial charge in [-0.1, -0.05) is 0 Å². The van der Waals surface area contributed by atoms with Gasteiger partial charge < -0.3 is 10.8 Å². The summed E-state index contributed by atoms with van der Waals surface area (Å²) >= 11 is 0. The molecule has 1 saturated heterocycles. The maximum absolute atomic E-state index is 11.4. The molecule has 3 N–H and O–H groups in total. The summed E-state index contributed by atoms with van der Waals surface area (Å²) in [4.78, 5) is 26.8. The predicted octanol–water partition coefficient (Wildman–Crippen LogP) is -0.658. The Balaban J connectivity index is 2.42. The van der Waals surface area contributed by atoms with Crippen LogP contribution in [0.2, 0.25) is 0 Å². The first kappa shape index (κ1) is 10.9. The lowest BCUT2D eigenvalue weighted by Gasteiger charge is -2.27. The lowest BCUT2D eigenvalue weighted by Crippen LogP contribution is -2.46. The summed E-state index contributed by atoms with van der Waals surface area (Å²) in [5.74, 6) is -1.53. The van der Waals surface area contributed by atoms with E-state index in [1.807, 2.05) is 0 Å². The normalized spacial score (nSPS) is 19.1. The number of carboxylic acids is 1. The molecule has 80 valence electrons. The second-order valence-corrected chi connectivity index (χ2v) is 3.19. The Morgan fingerprint density at radius 2 is 2.21 bits per heavy atom. The van der Waals surface area contributed by atoms with Crippen molar-refractivity contribution in [2.75, 3.05) is 13.2 Å². The Morgan fingerprint density at radius 3 is 2.71 bits per heavy atom. The number of carbonyl (C=O) groups is 2. The Labute approximate surface area is 81.6 Å². The monoisotopic (exact) mass is 202 g/mol. The van der Waals surface area contributed by atoms with Crippen molar-refractivity contribution in [3.05, 3.63) is 0 Å². The maximum atomic E-state index is 11.4. The zero-order valence-corrected chi connectivity index (χ0v) is 7.81. The number of hydrogen-bond donors (Lipinski definition) is 2. The summed E-state index contributed by atoms with van der Waals surface area (Å²) in [5, 5.41) is 9.60. The van der Waals surface area contributed by atoms with Crippen molar-refractivity contribution in [3.63, 3.8) is 0 Å². The van der Waals surface area contributed by atoms with Crippen LogP contribution in [0.25, 0.3) is 0 Å². The van der Waals surface area contributed by atoms with Gasteiger partial charge in [-0.05, 0) is 12.8 Å². The molecule has 0 saturated carbocycles. The zero-order valence-electron chi connectivity index (χ0n) is 7.81. The smallest absolute Gasteiger partial charge is 0.305 e. The van der Waals surface area contributed by atoms with Crippen LogP contribution < -0.4 is 5.73 Å². The lowest BCUT2D eigenvalue weighted by atomic mass is 10.2. The predicted molar refractivity (Wildman–Crippen MR) is 47.1 cm³/mol. The quantitative estimate of drug-likeness (QED) is 0.634. The molecule has 0 bridgehead atoms. The lowest BCUT2D eigenvalue weighted by molar-refractivity contribution is -0.198. The van der Waals surface area contributed by atoms with Crippen molar-refractivity contribution in [1.29, 1.82) is 0 Å². The van der Waals surface area contributed by atoms with Gasteiger partial charge in [0.25, 0.3) is 5.91 Å². The Hall–Kier alpha value is -1.14. The van der Waals surface area contributed by atoms with E-state index in [2.05, 4.69) is 0 Å². The molecule has 14 heavy (non-hydrogen) atoms. The van der Waals surface area contributed by atoms with Crippen molar-refractivity contribution >= 4 is 11.9 Å². The van der Waals surface area contributed by atoms with Crippen molar-refractivity contribution in [2.45, 2.75) is 25.3 Å². The van der Waals surface area contributed by atoms with E-state index in [1.165, 1.54) is 0 Å². The highest BCUT2D eigenvalue weighted by atomic mass is 16.7. The third kappa shape index (κ3) is 2.97. The average molecular weight is 202 g/mol. The Morgan fingerprint density at radius 1 is 1.50 bits per heavy atom. The van der Waals surface area contributed by atoms with Crippen LogP contribution in [0.15, 0.2) is 0 Å². The van der Waals surface area contributed by atoms with E-state index in [-0.39, 0.29) is 6.42 Å². The van der Waals surface area contributed by atoms with Gasteiger partial charge in [-0.25, -0.2) is 5.06 Å². The van der Waals surface area contributed by atoms with Crippen molar-refractivity contribution in [1.82, 2.24) is 5.06 Å². The van der Waals surface area contributed by atoms with Gasteiger partial charge in [-0.15, -0.1) is 0 Å². The van der Waals surface area contributed by atoms with E-state index in [9.17, 15) is 9.59 Å². The second kappa shape index (κ2) is 4.92. The molecule has 1 aliphatic heterocycles. The molecule has 1 amide bonds. The maximum Gasteiger partial charge on any atom is 0.305 e. The summed E-state index contributed by atoms with van der Waals surface area (Å²) in [6.07, 6.45) is 1.42.